The van der Waals surface area contributed by atoms with Crippen molar-refractivity contribution < 1.29 is 19.0 Å². The molecule has 1 saturated heterocycles. The second kappa shape index (κ2) is 11.5. The number of hydrogen-bond acceptors (Lipinski definition) is 7. The van der Waals surface area contributed by atoms with E-state index >= 15 is 0 Å². The smallest absolute Gasteiger partial charge is 0.251 e. The summed E-state index contributed by atoms with van der Waals surface area (Å²) < 4.78 is 18.7. The number of ether oxygens (including phenoxy) is 3. The molecule has 1 amide bonds. The lowest BCUT2D eigenvalue weighted by Crippen LogP contribution is -2.23. The van der Waals surface area contributed by atoms with Gasteiger partial charge in [-0.25, -0.2) is 9.50 Å². The molecule has 2 aromatic heterocycles. The molecule has 0 aliphatic carbocycles. The number of amides is 1. The minimum absolute atomic E-state index is 0.0809. The number of benzene rings is 2. The predicted molar refractivity (Wildman–Crippen MR) is 146 cm³/mol. The molecule has 0 atom stereocenters. The van der Waals surface area contributed by atoms with E-state index < -0.39 is 0 Å². The van der Waals surface area contributed by atoms with Crippen molar-refractivity contribution in [3.63, 3.8) is 0 Å². The fourth-order valence-corrected chi connectivity index (χ4v) is 4.63. The molecule has 0 radical (unpaired) electrons. The van der Waals surface area contributed by atoms with Gasteiger partial charge in [-0.1, -0.05) is 6.07 Å². The summed E-state index contributed by atoms with van der Waals surface area (Å²) in [6.07, 6.45) is 3.86. The van der Waals surface area contributed by atoms with Gasteiger partial charge in [-0.3, -0.25) is 4.79 Å². The summed E-state index contributed by atoms with van der Waals surface area (Å²) in [6.45, 7) is 6.83. The van der Waals surface area contributed by atoms with Crippen LogP contribution in [0.3, 0.4) is 0 Å². The lowest BCUT2D eigenvalue weighted by molar-refractivity contribution is 0.0699. The molecule has 0 saturated carbocycles. The second-order valence-electron chi connectivity index (χ2n) is 9.38. The van der Waals surface area contributed by atoms with Crippen LogP contribution in [0.25, 0.3) is 16.9 Å². The van der Waals surface area contributed by atoms with Crippen LogP contribution in [-0.2, 0) is 4.74 Å². The van der Waals surface area contributed by atoms with Gasteiger partial charge in [0.05, 0.1) is 24.7 Å². The number of hydrogen-bond donors (Lipinski definition) is 2. The zero-order chi connectivity index (χ0) is 26.5. The number of nitrogens with one attached hydrogen (secondary N) is 2. The number of imidazole rings is 1. The van der Waals surface area contributed by atoms with Crippen molar-refractivity contribution in [2.75, 3.05) is 38.7 Å². The normalized spacial score (nSPS) is 13.9. The van der Waals surface area contributed by atoms with E-state index in [1.165, 1.54) is 0 Å². The summed E-state index contributed by atoms with van der Waals surface area (Å²) in [5, 5.41) is 11.2. The van der Waals surface area contributed by atoms with E-state index in [4.69, 9.17) is 24.3 Å². The molecule has 9 heteroatoms. The van der Waals surface area contributed by atoms with Crippen LogP contribution in [0.1, 0.15) is 35.7 Å². The van der Waals surface area contributed by atoms with E-state index in [0.717, 1.165) is 60.9 Å². The highest BCUT2D eigenvalue weighted by molar-refractivity contribution is 5.96. The van der Waals surface area contributed by atoms with E-state index in [9.17, 15) is 4.79 Å². The number of methoxy groups -OCH3 is 1. The summed E-state index contributed by atoms with van der Waals surface area (Å²) in [7, 11) is 1.63. The minimum Gasteiger partial charge on any atom is -0.497 e. The summed E-state index contributed by atoms with van der Waals surface area (Å²) in [5.74, 6) is 2.29. The van der Waals surface area contributed by atoms with Gasteiger partial charge >= 0.3 is 0 Å². The molecular weight excluding hydrogens is 482 g/mol. The van der Waals surface area contributed by atoms with Crippen LogP contribution in [0.4, 0.5) is 5.69 Å². The maximum Gasteiger partial charge on any atom is 0.251 e. The third kappa shape index (κ3) is 5.57. The summed E-state index contributed by atoms with van der Waals surface area (Å²) >= 11 is 0. The molecule has 1 aliphatic heterocycles. The number of aryl methyl sites for hydroxylation is 1. The Hall–Kier alpha value is -4.11. The van der Waals surface area contributed by atoms with Gasteiger partial charge in [-0.15, -0.1) is 5.10 Å². The molecule has 4 aromatic rings. The Labute approximate surface area is 222 Å². The number of fused-ring (bicyclic) bond motifs is 1. The number of anilines is 1. The van der Waals surface area contributed by atoms with Crippen molar-refractivity contribution in [2.24, 2.45) is 5.92 Å². The first-order valence-corrected chi connectivity index (χ1v) is 13.0. The Bertz CT molecular complexity index is 1410. The zero-order valence-electron chi connectivity index (χ0n) is 22.0. The van der Waals surface area contributed by atoms with Crippen LogP contribution < -0.4 is 20.1 Å². The quantitative estimate of drug-likeness (QED) is 0.320. The number of rotatable bonds is 9. The van der Waals surface area contributed by atoms with Crippen LogP contribution in [0.5, 0.6) is 17.4 Å². The molecule has 9 nitrogen and oxygen atoms in total. The molecule has 2 aromatic carbocycles. The monoisotopic (exact) mass is 515 g/mol. The SMILES string of the molecule is CCNC(=O)c1ccc(-c2cnc3c(NCC4CCOCC4)cc(Oc4ccc(OC)cc4)nn23)cc1C. The lowest BCUT2D eigenvalue weighted by atomic mass is 10.0. The predicted octanol–water partition coefficient (Wildman–Crippen LogP) is 5.09. The van der Waals surface area contributed by atoms with Gasteiger partial charge in [0.25, 0.3) is 5.91 Å². The molecule has 5 rings (SSSR count). The molecular formula is C29H33N5O4. The van der Waals surface area contributed by atoms with Crippen molar-refractivity contribution in [3.05, 3.63) is 65.9 Å². The van der Waals surface area contributed by atoms with E-state index in [0.29, 0.717) is 35.3 Å². The van der Waals surface area contributed by atoms with Gasteiger partial charge in [-0.2, -0.15) is 0 Å². The molecule has 198 valence electrons. The highest BCUT2D eigenvalue weighted by atomic mass is 16.5. The van der Waals surface area contributed by atoms with Crippen molar-refractivity contribution >= 4 is 17.2 Å². The van der Waals surface area contributed by atoms with E-state index in [2.05, 4.69) is 10.6 Å². The van der Waals surface area contributed by atoms with Crippen molar-refractivity contribution in [2.45, 2.75) is 26.7 Å². The highest BCUT2D eigenvalue weighted by Crippen LogP contribution is 2.31. The van der Waals surface area contributed by atoms with Gasteiger partial charge in [-0.05, 0) is 74.6 Å². The Morgan fingerprint density at radius 2 is 1.87 bits per heavy atom. The maximum absolute atomic E-state index is 12.4. The van der Waals surface area contributed by atoms with Gasteiger partial charge in [0.15, 0.2) is 5.65 Å². The largest absolute Gasteiger partial charge is 0.497 e. The number of carbonyl (C=O) groups excluding carboxylic acids is 1. The van der Waals surface area contributed by atoms with Crippen molar-refractivity contribution in [1.82, 2.24) is 19.9 Å². The summed E-state index contributed by atoms with van der Waals surface area (Å²) in [6, 6.07) is 15.0. The van der Waals surface area contributed by atoms with E-state index in [1.54, 1.807) is 17.8 Å². The zero-order valence-corrected chi connectivity index (χ0v) is 22.0. The van der Waals surface area contributed by atoms with Crippen molar-refractivity contribution in [1.29, 1.82) is 0 Å². The van der Waals surface area contributed by atoms with Crippen LogP contribution >= 0.6 is 0 Å². The Morgan fingerprint density at radius 3 is 2.58 bits per heavy atom. The molecule has 2 N–H and O–H groups in total. The Morgan fingerprint density at radius 1 is 1.11 bits per heavy atom. The average molecular weight is 516 g/mol. The minimum atomic E-state index is -0.0809. The van der Waals surface area contributed by atoms with Crippen LogP contribution in [-0.4, -0.2) is 53.9 Å². The summed E-state index contributed by atoms with van der Waals surface area (Å²) in [4.78, 5) is 17.1. The topological polar surface area (TPSA) is 99.0 Å². The number of nitrogens with zero attached hydrogens (tertiary/aromatic N) is 3. The fourth-order valence-electron chi connectivity index (χ4n) is 4.63. The first-order chi connectivity index (χ1) is 18.6. The van der Waals surface area contributed by atoms with Gasteiger partial charge in [0.1, 0.15) is 11.5 Å². The molecule has 0 unspecified atom stereocenters. The Balaban J connectivity index is 1.51. The highest BCUT2D eigenvalue weighted by Gasteiger charge is 2.18. The molecule has 38 heavy (non-hydrogen) atoms. The molecule has 0 spiro atoms. The third-order valence-corrected chi connectivity index (χ3v) is 6.75. The first kappa shape index (κ1) is 25.5. The Kier molecular flexibility index (Phi) is 7.74. The van der Waals surface area contributed by atoms with Crippen molar-refractivity contribution in [3.8, 4) is 28.6 Å². The fraction of sp³-hybridized carbons (Fsp3) is 0.345. The van der Waals surface area contributed by atoms with Gasteiger partial charge in [0.2, 0.25) is 5.88 Å². The third-order valence-electron chi connectivity index (χ3n) is 6.75. The molecule has 3 heterocycles. The maximum atomic E-state index is 12.4. The van der Waals surface area contributed by atoms with E-state index in [1.807, 2.05) is 62.4 Å². The number of carbonyl (C=O) groups is 1. The van der Waals surface area contributed by atoms with Crippen LogP contribution in [0.15, 0.2) is 54.7 Å². The molecule has 1 fully saturated rings. The lowest BCUT2D eigenvalue weighted by Gasteiger charge is -2.22. The van der Waals surface area contributed by atoms with Crippen LogP contribution in [0.2, 0.25) is 0 Å². The second-order valence-corrected chi connectivity index (χ2v) is 9.38. The summed E-state index contributed by atoms with van der Waals surface area (Å²) in [5.41, 5.74) is 4.80. The van der Waals surface area contributed by atoms with E-state index in [-0.39, 0.29) is 5.91 Å². The van der Waals surface area contributed by atoms with Gasteiger partial charge < -0.3 is 24.8 Å². The standard InChI is InChI=1S/C29H33N5O4/c1-4-30-29(35)24-10-5-21(15-19(24)2)26-18-32-28-25(31-17-20-11-13-37-14-12-20)16-27(33-34(26)28)38-23-8-6-22(36-3)7-9-23/h5-10,15-16,18,20,31H,4,11-14,17H2,1-3H3,(H,30,35). The molecule has 1 aliphatic rings. The average Bonchev–Trinajstić information content (AvgIpc) is 3.37. The van der Waals surface area contributed by atoms with Gasteiger partial charge in [0, 0.05) is 43.5 Å². The number of aromatic nitrogens is 3. The van der Waals surface area contributed by atoms with Crippen LogP contribution in [0, 0.1) is 12.8 Å². The molecule has 0 bridgehead atoms. The first-order valence-electron chi connectivity index (χ1n) is 13.0.